The van der Waals surface area contributed by atoms with Crippen molar-refractivity contribution >= 4 is 36.3 Å². The Morgan fingerprint density at radius 1 is 0.361 bits per heavy atom. The minimum absolute atomic E-state index is 0.0567. The summed E-state index contributed by atoms with van der Waals surface area (Å²) in [4.78, 5) is 13.7. The molecule has 7 aromatic carbocycles. The van der Waals surface area contributed by atoms with Crippen molar-refractivity contribution in [2.75, 3.05) is 0 Å². The van der Waals surface area contributed by atoms with E-state index < -0.39 is 15.1 Å². The predicted molar refractivity (Wildman–Crippen MR) is 313 cm³/mol. The fourth-order valence-corrected chi connectivity index (χ4v) is 14.4. The van der Waals surface area contributed by atoms with E-state index in [1.165, 1.54) is 16.7 Å². The van der Waals surface area contributed by atoms with Gasteiger partial charge in [-0.25, -0.2) is 0 Å². The minimum Gasteiger partial charge on any atom is -0.0559 e. The second kappa shape index (κ2) is 19.6. The quantitative estimate of drug-likeness (QED) is 0.139. The summed E-state index contributed by atoms with van der Waals surface area (Å²) in [7, 11) is -7.72. The molecule has 0 spiro atoms. The van der Waals surface area contributed by atoms with E-state index in [1.807, 2.05) is 42.5 Å². The third kappa shape index (κ3) is 11.7. The van der Waals surface area contributed by atoms with Crippen molar-refractivity contribution in [3.05, 3.63) is 191 Å². The van der Waals surface area contributed by atoms with Gasteiger partial charge in [0.05, 0.1) is 0 Å². The van der Waals surface area contributed by atoms with E-state index in [0.717, 1.165) is 54.9 Å². The zero-order chi connectivity index (χ0) is 53.0. The SMILES string of the molecule is CC(C)(C)c1ccc(OP(=O)(Oc2ccc(C(C)(C)C)cc2C(C)(C)C)c2ccc(-c3ccc([PH](O)(c4ccc(-c5ccccc5)cc4)c4ccc(C(C)(C)C)cc4C(C)(C)C)cc3)cc2)c(C(C)(C)C)c1. The second-order valence-corrected chi connectivity index (χ2v) is 31.1. The molecule has 0 aliphatic rings. The van der Waals surface area contributed by atoms with E-state index in [0.29, 0.717) is 16.8 Å². The van der Waals surface area contributed by atoms with Crippen molar-refractivity contribution in [2.24, 2.45) is 0 Å². The summed E-state index contributed by atoms with van der Waals surface area (Å²) in [6.45, 7) is 39.6. The van der Waals surface area contributed by atoms with Crippen LogP contribution in [0.4, 0.5) is 0 Å². The van der Waals surface area contributed by atoms with Gasteiger partial charge in [-0.2, -0.15) is 0 Å². The summed E-state index contributed by atoms with van der Waals surface area (Å²) >= 11 is 0. The Kier molecular flexibility index (Phi) is 14.8. The maximum absolute atomic E-state index is 16.0. The molecule has 0 radical (unpaired) electrons. The molecule has 0 saturated heterocycles. The van der Waals surface area contributed by atoms with Crippen LogP contribution in [0.3, 0.4) is 0 Å². The molecule has 1 N–H and O–H groups in total. The van der Waals surface area contributed by atoms with Gasteiger partial charge in [0.2, 0.25) is 0 Å². The fraction of sp³-hybridized carbons (Fsp3) is 0.364. The molecular weight excluding hydrogens is 919 g/mol. The van der Waals surface area contributed by atoms with Crippen molar-refractivity contribution in [2.45, 2.75) is 157 Å². The predicted octanol–water partition coefficient (Wildman–Crippen LogP) is 16.7. The van der Waals surface area contributed by atoms with Crippen LogP contribution in [0.2, 0.25) is 0 Å². The monoisotopic (exact) mass is 1000 g/mol. The normalized spacial score (nSPS) is 13.5. The molecule has 7 aromatic rings. The Morgan fingerprint density at radius 2 is 0.681 bits per heavy atom. The van der Waals surface area contributed by atoms with Crippen molar-refractivity contribution < 1.29 is 18.5 Å². The van der Waals surface area contributed by atoms with E-state index in [-0.39, 0.29) is 32.5 Å². The van der Waals surface area contributed by atoms with Gasteiger partial charge in [0, 0.05) is 0 Å². The zero-order valence-corrected chi connectivity index (χ0v) is 48.5. The molecule has 4 nitrogen and oxygen atoms in total. The number of rotatable bonds is 10. The van der Waals surface area contributed by atoms with Crippen LogP contribution in [0.5, 0.6) is 11.5 Å². The molecule has 0 aliphatic carbocycles. The molecular formula is C66H82O4P2. The molecule has 0 heterocycles. The van der Waals surface area contributed by atoms with Crippen LogP contribution >= 0.6 is 15.1 Å². The average Bonchev–Trinajstić information content (AvgIpc) is 3.30. The van der Waals surface area contributed by atoms with E-state index in [4.69, 9.17) is 9.05 Å². The zero-order valence-electron chi connectivity index (χ0n) is 46.6. The van der Waals surface area contributed by atoms with Gasteiger partial charge in [0.25, 0.3) is 0 Å². The summed E-state index contributed by atoms with van der Waals surface area (Å²) in [6, 6.07) is 54.3. The molecule has 0 fully saturated rings. The van der Waals surface area contributed by atoms with Crippen molar-refractivity contribution in [1.82, 2.24) is 0 Å². The van der Waals surface area contributed by atoms with Gasteiger partial charge in [-0.15, -0.1) is 0 Å². The molecule has 6 heteroatoms. The van der Waals surface area contributed by atoms with Gasteiger partial charge in [-0.3, -0.25) is 0 Å². The Hall–Kier alpha value is -5.24. The maximum atomic E-state index is 16.0. The first-order valence-corrected chi connectivity index (χ1v) is 29.2. The molecule has 0 saturated carbocycles. The molecule has 72 heavy (non-hydrogen) atoms. The number of benzene rings is 7. The van der Waals surface area contributed by atoms with Gasteiger partial charge in [0.1, 0.15) is 0 Å². The standard InChI is InChI=1S/C66H82O4P2/c1-61(2,3)49-30-39-58(55(42-49)64(10,11)12)69-72(68,70-59-40-31-50(62(4,5)6)43-56(59)65(13,14)15)54-37-28-48(29-38-54)47-26-35-53(36-27-47)71(67,52-33-24-46(25-34-52)45-22-20-19-21-23-45)60-41-32-51(63(7,8)9)44-57(60)66(16,17)18/h19-44,67,71H,1-18H3. The van der Waals surface area contributed by atoms with E-state index in [1.54, 1.807) is 0 Å². The van der Waals surface area contributed by atoms with Gasteiger partial charge < -0.3 is 0 Å². The van der Waals surface area contributed by atoms with Gasteiger partial charge in [-0.1, -0.05) is 107 Å². The molecule has 0 aromatic heterocycles. The topological polar surface area (TPSA) is 55.8 Å². The Morgan fingerprint density at radius 3 is 1.03 bits per heavy atom. The van der Waals surface area contributed by atoms with Crippen LogP contribution in [-0.2, 0) is 37.1 Å². The van der Waals surface area contributed by atoms with Gasteiger partial charge in [0.15, 0.2) is 0 Å². The first-order valence-electron chi connectivity index (χ1n) is 25.7. The first-order chi connectivity index (χ1) is 33.2. The van der Waals surface area contributed by atoms with E-state index in [9.17, 15) is 4.89 Å². The summed E-state index contributed by atoms with van der Waals surface area (Å²) < 4.78 is 29.7. The first kappa shape index (κ1) is 54.5. The molecule has 0 amide bonds. The Bertz CT molecular complexity index is 2990. The van der Waals surface area contributed by atoms with E-state index >= 15 is 4.57 Å². The average molecular weight is 1000 g/mol. The van der Waals surface area contributed by atoms with E-state index in [2.05, 4.69) is 240 Å². The summed E-state index contributed by atoms with van der Waals surface area (Å²) in [6.07, 6.45) is 0. The van der Waals surface area contributed by atoms with Crippen LogP contribution in [0.15, 0.2) is 158 Å². The van der Waals surface area contributed by atoms with Crippen LogP contribution < -0.4 is 30.3 Å². The van der Waals surface area contributed by atoms with Crippen molar-refractivity contribution in [3.8, 4) is 33.8 Å². The summed E-state index contributed by atoms with van der Waals surface area (Å²) in [5, 5.41) is 3.27. The smallest absolute Gasteiger partial charge is 0.0559 e. The Labute approximate surface area is 434 Å². The third-order valence-electron chi connectivity index (χ3n) is 14.1. The minimum atomic E-state index is -4.11. The Balaban J connectivity index is 1.33. The number of hydrogen-bond donors (Lipinski definition) is 1. The van der Waals surface area contributed by atoms with Gasteiger partial charge in [-0.05, 0) is 32.8 Å². The molecule has 0 atom stereocenters. The molecule has 0 unspecified atom stereocenters. The number of hydrogen-bond acceptors (Lipinski definition) is 4. The molecule has 0 bridgehead atoms. The molecule has 7 rings (SSSR count). The van der Waals surface area contributed by atoms with Crippen LogP contribution in [0, 0.1) is 0 Å². The van der Waals surface area contributed by atoms with Crippen LogP contribution in [0.25, 0.3) is 22.3 Å². The van der Waals surface area contributed by atoms with Crippen molar-refractivity contribution in [1.29, 1.82) is 0 Å². The fourth-order valence-electron chi connectivity index (χ4n) is 9.41. The van der Waals surface area contributed by atoms with Gasteiger partial charge >= 0.3 is 297 Å². The summed E-state index contributed by atoms with van der Waals surface area (Å²) in [5.41, 5.74) is 9.73. The molecule has 0 aliphatic heterocycles. The second-order valence-electron chi connectivity index (χ2n) is 26.1. The summed E-state index contributed by atoms with van der Waals surface area (Å²) in [5.74, 6) is 1.08. The third-order valence-corrected chi connectivity index (χ3v) is 19.4. The molecule has 380 valence electrons. The van der Waals surface area contributed by atoms with Crippen LogP contribution in [-0.4, -0.2) is 4.89 Å². The van der Waals surface area contributed by atoms with Crippen molar-refractivity contribution in [3.63, 3.8) is 0 Å². The van der Waals surface area contributed by atoms with Crippen LogP contribution in [0.1, 0.15) is 158 Å².